The molecule has 2 aromatic rings. The molecule has 2 rings (SSSR count). The van der Waals surface area contributed by atoms with Crippen LogP contribution in [-0.4, -0.2) is 11.0 Å². The lowest BCUT2D eigenvalue weighted by molar-refractivity contribution is 0.548. The lowest BCUT2D eigenvalue weighted by atomic mass is 10.1. The lowest BCUT2D eigenvalue weighted by Crippen LogP contribution is -2.27. The molecule has 4 heteroatoms. The number of thiazole rings is 1. The Morgan fingerprint density at radius 3 is 3.00 bits per heavy atom. The fourth-order valence-electron chi connectivity index (χ4n) is 1.60. The number of rotatable bonds is 5. The van der Waals surface area contributed by atoms with Gasteiger partial charge in [-0.05, 0) is 42.7 Å². The quantitative estimate of drug-likeness (QED) is 0.883. The van der Waals surface area contributed by atoms with E-state index in [0.717, 1.165) is 18.7 Å². The van der Waals surface area contributed by atoms with Gasteiger partial charge in [-0.3, -0.25) is 0 Å². The van der Waals surface area contributed by atoms with Crippen molar-refractivity contribution in [2.75, 3.05) is 0 Å². The van der Waals surface area contributed by atoms with Crippen LogP contribution in [0.25, 0.3) is 0 Å². The van der Waals surface area contributed by atoms with Gasteiger partial charge in [0, 0.05) is 17.5 Å². The van der Waals surface area contributed by atoms with E-state index in [-0.39, 0.29) is 0 Å². The molecule has 1 atom stereocenters. The summed E-state index contributed by atoms with van der Waals surface area (Å²) in [5, 5.41) is 7.89. The number of hydrogen-bond acceptors (Lipinski definition) is 4. The number of aromatic nitrogens is 1. The molecule has 1 unspecified atom stereocenters. The molecule has 2 heterocycles. The Labute approximate surface area is 104 Å². The number of thiophene rings is 1. The fraction of sp³-hybridized carbons (Fsp3) is 0.417. The highest BCUT2D eigenvalue weighted by atomic mass is 32.1. The summed E-state index contributed by atoms with van der Waals surface area (Å²) in [4.78, 5) is 5.60. The maximum atomic E-state index is 4.25. The second kappa shape index (κ2) is 5.57. The van der Waals surface area contributed by atoms with Crippen molar-refractivity contribution in [1.82, 2.24) is 10.3 Å². The van der Waals surface area contributed by atoms with Gasteiger partial charge in [0.15, 0.2) is 0 Å². The highest BCUT2D eigenvalue weighted by molar-refractivity contribution is 7.09. The molecule has 1 N–H and O–H groups in total. The third-order valence-electron chi connectivity index (χ3n) is 2.58. The summed E-state index contributed by atoms with van der Waals surface area (Å²) in [7, 11) is 0. The molecule has 0 saturated carbocycles. The second-order valence-electron chi connectivity index (χ2n) is 3.98. The highest BCUT2D eigenvalue weighted by Gasteiger charge is 2.06. The molecular weight excluding hydrogens is 236 g/mol. The highest BCUT2D eigenvalue weighted by Crippen LogP contribution is 2.13. The molecule has 0 amide bonds. The van der Waals surface area contributed by atoms with E-state index >= 15 is 0 Å². The van der Waals surface area contributed by atoms with Gasteiger partial charge in [-0.25, -0.2) is 4.98 Å². The minimum atomic E-state index is 0.510. The predicted molar refractivity (Wildman–Crippen MR) is 71.2 cm³/mol. The van der Waals surface area contributed by atoms with E-state index in [0.29, 0.717) is 6.04 Å². The van der Waals surface area contributed by atoms with Gasteiger partial charge in [0.05, 0.1) is 11.2 Å². The number of hydrogen-bond donors (Lipinski definition) is 1. The van der Waals surface area contributed by atoms with Crippen LogP contribution < -0.4 is 5.32 Å². The van der Waals surface area contributed by atoms with Crippen molar-refractivity contribution in [3.05, 3.63) is 38.5 Å². The standard InChI is InChI=1S/C12H16N2S2/c1-9(5-11-3-4-15-7-11)13-6-12-10(2)14-8-16-12/h3-4,7-9,13H,5-6H2,1-2H3. The molecule has 2 nitrogen and oxygen atoms in total. The van der Waals surface area contributed by atoms with Gasteiger partial charge in [-0.2, -0.15) is 11.3 Å². The van der Waals surface area contributed by atoms with Gasteiger partial charge < -0.3 is 5.32 Å². The molecular formula is C12H16N2S2. The fourth-order valence-corrected chi connectivity index (χ4v) is 3.01. The molecule has 0 radical (unpaired) electrons. The molecule has 0 aliphatic heterocycles. The summed E-state index contributed by atoms with van der Waals surface area (Å²) in [6, 6.07) is 2.71. The first-order valence-electron chi connectivity index (χ1n) is 5.39. The zero-order valence-electron chi connectivity index (χ0n) is 9.56. The van der Waals surface area contributed by atoms with E-state index in [2.05, 4.69) is 41.0 Å². The monoisotopic (exact) mass is 252 g/mol. The Bertz CT molecular complexity index is 420. The second-order valence-corrected chi connectivity index (χ2v) is 5.70. The Balaban J connectivity index is 1.80. The van der Waals surface area contributed by atoms with Crippen LogP contribution in [0.1, 0.15) is 23.1 Å². The Morgan fingerprint density at radius 1 is 1.50 bits per heavy atom. The first-order chi connectivity index (χ1) is 7.75. The van der Waals surface area contributed by atoms with Gasteiger partial charge in [0.1, 0.15) is 0 Å². The molecule has 16 heavy (non-hydrogen) atoms. The van der Waals surface area contributed by atoms with Gasteiger partial charge >= 0.3 is 0 Å². The van der Waals surface area contributed by atoms with Crippen molar-refractivity contribution in [3.63, 3.8) is 0 Å². The third kappa shape index (κ3) is 3.14. The summed E-state index contributed by atoms with van der Waals surface area (Å²) in [5.74, 6) is 0. The topological polar surface area (TPSA) is 24.9 Å². The SMILES string of the molecule is Cc1ncsc1CNC(C)Cc1ccsc1. The van der Waals surface area contributed by atoms with Gasteiger partial charge in [0.25, 0.3) is 0 Å². The van der Waals surface area contributed by atoms with Crippen LogP contribution in [0.4, 0.5) is 0 Å². The molecule has 0 spiro atoms. The average Bonchev–Trinajstić information content (AvgIpc) is 2.87. The van der Waals surface area contributed by atoms with Crippen molar-refractivity contribution >= 4 is 22.7 Å². The van der Waals surface area contributed by atoms with E-state index in [4.69, 9.17) is 0 Å². The van der Waals surface area contributed by atoms with Crippen molar-refractivity contribution in [2.24, 2.45) is 0 Å². The number of nitrogens with one attached hydrogen (secondary N) is 1. The van der Waals surface area contributed by atoms with E-state index in [1.165, 1.54) is 10.4 Å². The molecule has 0 bridgehead atoms. The molecule has 0 aliphatic carbocycles. The third-order valence-corrected chi connectivity index (χ3v) is 4.25. The predicted octanol–water partition coefficient (Wildman–Crippen LogP) is 3.23. The lowest BCUT2D eigenvalue weighted by Gasteiger charge is -2.12. The molecule has 0 aromatic carbocycles. The molecule has 0 saturated heterocycles. The summed E-state index contributed by atoms with van der Waals surface area (Å²) in [6.07, 6.45) is 1.10. The van der Waals surface area contributed by atoms with E-state index in [9.17, 15) is 0 Å². The van der Waals surface area contributed by atoms with Crippen LogP contribution >= 0.6 is 22.7 Å². The maximum absolute atomic E-state index is 4.25. The average molecular weight is 252 g/mol. The van der Waals surface area contributed by atoms with Crippen molar-refractivity contribution in [1.29, 1.82) is 0 Å². The van der Waals surface area contributed by atoms with Crippen LogP contribution in [0.2, 0.25) is 0 Å². The minimum Gasteiger partial charge on any atom is -0.309 e. The zero-order valence-corrected chi connectivity index (χ0v) is 11.2. The first kappa shape index (κ1) is 11.8. The minimum absolute atomic E-state index is 0.510. The summed E-state index contributed by atoms with van der Waals surface area (Å²) in [6.45, 7) is 5.23. The zero-order chi connectivity index (χ0) is 11.4. The summed E-state index contributed by atoms with van der Waals surface area (Å²) in [5.41, 5.74) is 4.49. The first-order valence-corrected chi connectivity index (χ1v) is 7.21. The Hall–Kier alpha value is -0.710. The van der Waals surface area contributed by atoms with Crippen LogP contribution in [-0.2, 0) is 13.0 Å². The summed E-state index contributed by atoms with van der Waals surface area (Å²) >= 11 is 3.49. The molecule has 0 aliphatic rings. The molecule has 0 fully saturated rings. The van der Waals surface area contributed by atoms with Gasteiger partial charge in [-0.15, -0.1) is 11.3 Å². The van der Waals surface area contributed by atoms with E-state index in [1.807, 2.05) is 5.51 Å². The number of aryl methyl sites for hydroxylation is 1. The maximum Gasteiger partial charge on any atom is 0.0798 e. The van der Waals surface area contributed by atoms with Crippen LogP contribution in [0.15, 0.2) is 22.3 Å². The Morgan fingerprint density at radius 2 is 2.38 bits per heavy atom. The normalized spacial score (nSPS) is 12.9. The van der Waals surface area contributed by atoms with Gasteiger partial charge in [0.2, 0.25) is 0 Å². The van der Waals surface area contributed by atoms with E-state index in [1.54, 1.807) is 22.7 Å². The van der Waals surface area contributed by atoms with Gasteiger partial charge in [-0.1, -0.05) is 0 Å². The van der Waals surface area contributed by atoms with Crippen molar-refractivity contribution in [3.8, 4) is 0 Å². The number of nitrogens with zero attached hydrogens (tertiary/aromatic N) is 1. The van der Waals surface area contributed by atoms with Crippen LogP contribution in [0, 0.1) is 6.92 Å². The smallest absolute Gasteiger partial charge is 0.0798 e. The van der Waals surface area contributed by atoms with Crippen LogP contribution in [0.3, 0.4) is 0 Å². The largest absolute Gasteiger partial charge is 0.309 e. The Kier molecular flexibility index (Phi) is 4.09. The van der Waals surface area contributed by atoms with Crippen molar-refractivity contribution < 1.29 is 0 Å². The molecule has 86 valence electrons. The van der Waals surface area contributed by atoms with Crippen LogP contribution in [0.5, 0.6) is 0 Å². The van der Waals surface area contributed by atoms with E-state index < -0.39 is 0 Å². The summed E-state index contributed by atoms with van der Waals surface area (Å²) < 4.78 is 0. The van der Waals surface area contributed by atoms with Crippen molar-refractivity contribution in [2.45, 2.75) is 32.9 Å². The molecule has 2 aromatic heterocycles.